The van der Waals surface area contributed by atoms with Gasteiger partial charge in [-0.15, -0.1) is 0 Å². The van der Waals surface area contributed by atoms with Crippen molar-refractivity contribution in [1.29, 1.82) is 0 Å². The van der Waals surface area contributed by atoms with E-state index in [1.165, 1.54) is 12.2 Å². The minimum absolute atomic E-state index is 0.00259. The van der Waals surface area contributed by atoms with Crippen LogP contribution in [-0.2, 0) is 9.59 Å². The molecule has 0 saturated carbocycles. The molecule has 0 N–H and O–H groups in total. The molecule has 0 amide bonds. The molecule has 68 valence electrons. The number of hydrogen-bond donors (Lipinski definition) is 0. The van der Waals surface area contributed by atoms with Crippen LogP contribution in [-0.4, -0.2) is 11.7 Å². The van der Waals surface area contributed by atoms with Crippen LogP contribution in [0.5, 0.6) is 0 Å². The summed E-state index contributed by atoms with van der Waals surface area (Å²) in [6.07, 6.45) is 4.45. The molecule has 1 rings (SSSR count). The molecule has 0 unspecified atom stereocenters. The standard InChI is InChI=1S/C10H9BrO2/c1-10(2)7(5-6-12)8(11)3-4-9(10)13/h3-5H,1-2H3. The van der Waals surface area contributed by atoms with Crippen molar-refractivity contribution >= 4 is 27.7 Å². The largest absolute Gasteiger partial charge is 0.294 e. The van der Waals surface area contributed by atoms with Crippen LogP contribution in [0.4, 0.5) is 0 Å². The lowest BCUT2D eigenvalue weighted by atomic mass is 9.77. The Morgan fingerprint density at radius 2 is 2.08 bits per heavy atom. The number of rotatable bonds is 1. The number of carbonyl (C=O) groups is 1. The topological polar surface area (TPSA) is 34.1 Å². The Hall–Kier alpha value is -0.920. The van der Waals surface area contributed by atoms with E-state index < -0.39 is 5.41 Å². The van der Waals surface area contributed by atoms with Gasteiger partial charge >= 0.3 is 0 Å². The maximum absolute atomic E-state index is 11.5. The van der Waals surface area contributed by atoms with Crippen molar-refractivity contribution in [3.05, 3.63) is 28.3 Å². The third-order valence-corrected chi connectivity index (χ3v) is 2.82. The highest BCUT2D eigenvalue weighted by Crippen LogP contribution is 2.36. The molecule has 0 bridgehead atoms. The van der Waals surface area contributed by atoms with Gasteiger partial charge in [0.25, 0.3) is 0 Å². The summed E-state index contributed by atoms with van der Waals surface area (Å²) in [6.45, 7) is 3.56. The van der Waals surface area contributed by atoms with E-state index in [1.54, 1.807) is 25.9 Å². The summed E-state index contributed by atoms with van der Waals surface area (Å²) in [5.74, 6) is 1.69. The van der Waals surface area contributed by atoms with Gasteiger partial charge in [-0.2, -0.15) is 0 Å². The first kappa shape index (κ1) is 10.2. The van der Waals surface area contributed by atoms with Crippen molar-refractivity contribution in [2.75, 3.05) is 0 Å². The average Bonchev–Trinajstić information content (AvgIpc) is 2.06. The van der Waals surface area contributed by atoms with Gasteiger partial charge in [-0.25, -0.2) is 4.79 Å². The van der Waals surface area contributed by atoms with Gasteiger partial charge in [0.2, 0.25) is 0 Å². The number of halogens is 1. The van der Waals surface area contributed by atoms with Crippen molar-refractivity contribution in [3.63, 3.8) is 0 Å². The van der Waals surface area contributed by atoms with E-state index in [-0.39, 0.29) is 5.78 Å². The lowest BCUT2D eigenvalue weighted by molar-refractivity contribution is -0.120. The van der Waals surface area contributed by atoms with Gasteiger partial charge in [0.05, 0.1) is 5.41 Å². The molecule has 0 aromatic rings. The van der Waals surface area contributed by atoms with Gasteiger partial charge < -0.3 is 0 Å². The molecule has 1 aliphatic carbocycles. The summed E-state index contributed by atoms with van der Waals surface area (Å²) in [4.78, 5) is 21.7. The highest BCUT2D eigenvalue weighted by molar-refractivity contribution is 9.11. The minimum Gasteiger partial charge on any atom is -0.294 e. The molecule has 0 spiro atoms. The summed E-state index contributed by atoms with van der Waals surface area (Å²) in [7, 11) is 0. The Labute approximate surface area is 85.1 Å². The van der Waals surface area contributed by atoms with Crippen molar-refractivity contribution < 1.29 is 9.59 Å². The lowest BCUT2D eigenvalue weighted by Crippen LogP contribution is -2.26. The van der Waals surface area contributed by atoms with Crippen molar-refractivity contribution in [2.24, 2.45) is 5.41 Å². The fourth-order valence-corrected chi connectivity index (χ4v) is 1.93. The average molecular weight is 241 g/mol. The molecule has 0 aromatic heterocycles. The van der Waals surface area contributed by atoms with Crippen LogP contribution in [0.15, 0.2) is 28.3 Å². The minimum atomic E-state index is -0.634. The Balaban J connectivity index is 3.31. The molecule has 1 aliphatic rings. The molecule has 3 heteroatoms. The molecule has 0 atom stereocenters. The van der Waals surface area contributed by atoms with Crippen LogP contribution < -0.4 is 0 Å². The predicted octanol–water partition coefficient (Wildman–Crippen LogP) is 2.19. The molecule has 13 heavy (non-hydrogen) atoms. The zero-order valence-electron chi connectivity index (χ0n) is 7.43. The summed E-state index contributed by atoms with van der Waals surface area (Å²) >= 11 is 3.29. The molecule has 2 nitrogen and oxygen atoms in total. The van der Waals surface area contributed by atoms with Gasteiger partial charge in [0.1, 0.15) is 5.94 Å². The van der Waals surface area contributed by atoms with Gasteiger partial charge in [-0.05, 0) is 31.6 Å². The molecular formula is C10H9BrO2. The van der Waals surface area contributed by atoms with Gasteiger partial charge in [0, 0.05) is 10.6 Å². The number of ketones is 1. The first-order valence-corrected chi connectivity index (χ1v) is 4.63. The summed E-state index contributed by atoms with van der Waals surface area (Å²) < 4.78 is 0.764. The quantitative estimate of drug-likeness (QED) is 0.659. The van der Waals surface area contributed by atoms with Crippen LogP contribution in [0.2, 0.25) is 0 Å². The van der Waals surface area contributed by atoms with Gasteiger partial charge in [-0.3, -0.25) is 4.79 Å². The molecule has 0 aromatic carbocycles. The van der Waals surface area contributed by atoms with Crippen LogP contribution in [0, 0.1) is 5.41 Å². The zero-order chi connectivity index (χ0) is 10.1. The van der Waals surface area contributed by atoms with Crippen molar-refractivity contribution in [2.45, 2.75) is 13.8 Å². The molecule has 0 aliphatic heterocycles. The first-order chi connectivity index (χ1) is 6.00. The second-order valence-electron chi connectivity index (χ2n) is 3.35. The van der Waals surface area contributed by atoms with Crippen LogP contribution >= 0.6 is 15.9 Å². The maximum Gasteiger partial charge on any atom is 0.165 e. The second kappa shape index (κ2) is 3.44. The normalized spacial score (nSPS) is 20.1. The van der Waals surface area contributed by atoms with Crippen LogP contribution in [0.3, 0.4) is 0 Å². The van der Waals surface area contributed by atoms with Crippen molar-refractivity contribution in [1.82, 2.24) is 0 Å². The van der Waals surface area contributed by atoms with E-state index >= 15 is 0 Å². The maximum atomic E-state index is 11.5. The monoisotopic (exact) mass is 240 g/mol. The van der Waals surface area contributed by atoms with E-state index in [9.17, 15) is 9.59 Å². The van der Waals surface area contributed by atoms with Gasteiger partial charge in [0.15, 0.2) is 5.78 Å². The number of hydrogen-bond acceptors (Lipinski definition) is 2. The Morgan fingerprint density at radius 1 is 1.46 bits per heavy atom. The predicted molar refractivity (Wildman–Crippen MR) is 54.1 cm³/mol. The van der Waals surface area contributed by atoms with E-state index in [0.717, 1.165) is 4.48 Å². The number of allylic oxidation sites excluding steroid dienone is 5. The van der Waals surface area contributed by atoms with E-state index in [4.69, 9.17) is 0 Å². The fraction of sp³-hybridized carbons (Fsp3) is 0.300. The highest BCUT2D eigenvalue weighted by atomic mass is 79.9. The molecule has 0 radical (unpaired) electrons. The third-order valence-electron chi connectivity index (χ3n) is 2.13. The van der Waals surface area contributed by atoms with Gasteiger partial charge in [-0.1, -0.05) is 15.9 Å². The SMILES string of the molecule is CC1(C)C(=O)C=CC(Br)=C1C=C=O. The van der Waals surface area contributed by atoms with E-state index in [2.05, 4.69) is 15.9 Å². The summed E-state index contributed by atoms with van der Waals surface area (Å²) in [5.41, 5.74) is 0.0420. The van der Waals surface area contributed by atoms with Crippen LogP contribution in [0.1, 0.15) is 13.8 Å². The first-order valence-electron chi connectivity index (χ1n) is 3.84. The van der Waals surface area contributed by atoms with Crippen molar-refractivity contribution in [3.8, 4) is 0 Å². The number of carbonyl (C=O) groups excluding carboxylic acids is 2. The molecular weight excluding hydrogens is 232 g/mol. The Morgan fingerprint density at radius 3 is 2.62 bits per heavy atom. The van der Waals surface area contributed by atoms with E-state index in [0.29, 0.717) is 5.57 Å². The Bertz CT molecular complexity index is 355. The molecule has 0 heterocycles. The molecule has 0 saturated heterocycles. The Kier molecular flexibility index (Phi) is 2.69. The lowest BCUT2D eigenvalue weighted by Gasteiger charge is -2.26. The summed E-state index contributed by atoms with van der Waals surface area (Å²) in [6, 6.07) is 0. The summed E-state index contributed by atoms with van der Waals surface area (Å²) in [5, 5.41) is 0. The van der Waals surface area contributed by atoms with Crippen LogP contribution in [0.25, 0.3) is 0 Å². The third kappa shape index (κ3) is 1.71. The second-order valence-corrected chi connectivity index (χ2v) is 4.20. The highest BCUT2D eigenvalue weighted by Gasteiger charge is 2.32. The van der Waals surface area contributed by atoms with E-state index in [1.807, 2.05) is 0 Å². The zero-order valence-corrected chi connectivity index (χ0v) is 9.01. The molecule has 0 fully saturated rings. The fourth-order valence-electron chi connectivity index (χ4n) is 1.19. The smallest absolute Gasteiger partial charge is 0.165 e.